The number of thiophene rings is 2. The lowest BCUT2D eigenvalue weighted by molar-refractivity contribution is -0.139. The molecule has 0 aliphatic carbocycles. The van der Waals surface area contributed by atoms with Crippen LogP contribution in [-0.4, -0.2) is 34.2 Å². The summed E-state index contributed by atoms with van der Waals surface area (Å²) in [4.78, 5) is 25.8. The van der Waals surface area contributed by atoms with Gasteiger partial charge in [0.25, 0.3) is 0 Å². The van der Waals surface area contributed by atoms with E-state index in [0.29, 0.717) is 12.8 Å². The third kappa shape index (κ3) is 4.21. The van der Waals surface area contributed by atoms with E-state index >= 15 is 0 Å². The van der Waals surface area contributed by atoms with Gasteiger partial charge in [-0.15, -0.1) is 22.7 Å². The standard InChI is InChI=1S/C16H20N2O4S2/c1-7-3-9(5-11(17)15(19)20)23-13(7)14-8(2)4-10(24-14)6-12(18)16(21)22/h3-4,11-12H,5-6,17-18H2,1-2H3,(H,19,20)(H,21,22). The van der Waals surface area contributed by atoms with Crippen LogP contribution in [0.15, 0.2) is 12.1 Å². The molecule has 8 heteroatoms. The van der Waals surface area contributed by atoms with E-state index in [-0.39, 0.29) is 0 Å². The van der Waals surface area contributed by atoms with Crippen LogP contribution >= 0.6 is 22.7 Å². The number of hydrogen-bond donors (Lipinski definition) is 4. The molecular formula is C16H20N2O4S2. The summed E-state index contributed by atoms with van der Waals surface area (Å²) in [5.74, 6) is -2.03. The molecule has 2 unspecified atom stereocenters. The van der Waals surface area contributed by atoms with E-state index in [1.807, 2.05) is 26.0 Å². The first-order valence-electron chi connectivity index (χ1n) is 7.34. The van der Waals surface area contributed by atoms with Crippen molar-refractivity contribution in [3.63, 3.8) is 0 Å². The van der Waals surface area contributed by atoms with Gasteiger partial charge < -0.3 is 21.7 Å². The first-order chi connectivity index (χ1) is 11.2. The van der Waals surface area contributed by atoms with Crippen LogP contribution in [-0.2, 0) is 22.4 Å². The van der Waals surface area contributed by atoms with Gasteiger partial charge in [-0.25, -0.2) is 0 Å². The lowest BCUT2D eigenvalue weighted by Gasteiger charge is -2.03. The van der Waals surface area contributed by atoms with Crippen LogP contribution in [0.2, 0.25) is 0 Å². The summed E-state index contributed by atoms with van der Waals surface area (Å²) in [5, 5.41) is 17.9. The lowest BCUT2D eigenvalue weighted by atomic mass is 10.1. The third-order valence-electron chi connectivity index (χ3n) is 3.62. The van der Waals surface area contributed by atoms with Gasteiger partial charge in [0.1, 0.15) is 12.1 Å². The Morgan fingerprint density at radius 3 is 1.54 bits per heavy atom. The molecule has 6 N–H and O–H groups in total. The van der Waals surface area contributed by atoms with Gasteiger partial charge in [-0.05, 0) is 37.1 Å². The summed E-state index contributed by atoms with van der Waals surface area (Å²) in [6, 6.07) is 2.10. The second-order valence-corrected chi connectivity index (χ2v) is 8.02. The monoisotopic (exact) mass is 368 g/mol. The van der Waals surface area contributed by atoms with Crippen LogP contribution in [0, 0.1) is 13.8 Å². The summed E-state index contributed by atoms with van der Waals surface area (Å²) in [5.41, 5.74) is 13.3. The topological polar surface area (TPSA) is 127 Å². The SMILES string of the molecule is Cc1cc(CC(N)C(=O)O)sc1-c1sc(CC(N)C(=O)O)cc1C. The largest absolute Gasteiger partial charge is 0.480 e. The van der Waals surface area contributed by atoms with Crippen molar-refractivity contribution in [1.29, 1.82) is 0 Å². The number of aliphatic carboxylic acids is 2. The molecule has 2 aromatic rings. The molecule has 0 aliphatic rings. The highest BCUT2D eigenvalue weighted by Crippen LogP contribution is 2.40. The molecule has 6 nitrogen and oxygen atoms in total. The molecule has 0 radical (unpaired) electrons. The number of nitrogens with two attached hydrogens (primary N) is 2. The van der Waals surface area contributed by atoms with Gasteiger partial charge in [0.05, 0.1) is 0 Å². The predicted octanol–water partition coefficient (Wildman–Crippen LogP) is 2.00. The molecule has 2 atom stereocenters. The van der Waals surface area contributed by atoms with Crippen LogP contribution < -0.4 is 11.5 Å². The van der Waals surface area contributed by atoms with Gasteiger partial charge in [-0.3, -0.25) is 9.59 Å². The molecule has 0 saturated carbocycles. The number of carboxylic acids is 2. The fourth-order valence-electron chi connectivity index (χ4n) is 2.36. The van der Waals surface area contributed by atoms with Crippen molar-refractivity contribution in [2.75, 3.05) is 0 Å². The van der Waals surface area contributed by atoms with Gasteiger partial charge >= 0.3 is 11.9 Å². The number of aryl methyl sites for hydroxylation is 2. The summed E-state index contributed by atoms with van der Waals surface area (Å²) < 4.78 is 0. The Morgan fingerprint density at radius 1 is 0.917 bits per heavy atom. The highest BCUT2D eigenvalue weighted by molar-refractivity contribution is 7.22. The van der Waals surface area contributed by atoms with Gasteiger partial charge in [-0.2, -0.15) is 0 Å². The zero-order valence-corrected chi connectivity index (χ0v) is 15.0. The quantitative estimate of drug-likeness (QED) is 0.592. The van der Waals surface area contributed by atoms with E-state index in [1.165, 1.54) is 22.7 Å². The Balaban J connectivity index is 2.26. The Labute approximate surface area is 147 Å². The second-order valence-electron chi connectivity index (χ2n) is 5.75. The first kappa shape index (κ1) is 18.6. The zero-order valence-electron chi connectivity index (χ0n) is 13.4. The van der Waals surface area contributed by atoms with Crippen molar-refractivity contribution in [3.05, 3.63) is 33.0 Å². The predicted molar refractivity (Wildman–Crippen MR) is 95.7 cm³/mol. The molecule has 2 heterocycles. The van der Waals surface area contributed by atoms with Crippen molar-refractivity contribution in [2.24, 2.45) is 11.5 Å². The van der Waals surface area contributed by atoms with E-state index in [9.17, 15) is 9.59 Å². The molecule has 0 fully saturated rings. The Morgan fingerprint density at radius 2 is 1.25 bits per heavy atom. The average Bonchev–Trinajstić information content (AvgIpc) is 3.01. The maximum absolute atomic E-state index is 10.9. The van der Waals surface area contributed by atoms with Gasteiger partial charge in [-0.1, -0.05) is 0 Å². The van der Waals surface area contributed by atoms with Crippen molar-refractivity contribution >= 4 is 34.6 Å². The molecule has 0 amide bonds. The number of carbonyl (C=O) groups is 2. The van der Waals surface area contributed by atoms with E-state index < -0.39 is 24.0 Å². The molecule has 0 saturated heterocycles. The zero-order chi connectivity index (χ0) is 18.0. The van der Waals surface area contributed by atoms with Crippen LogP contribution in [0.3, 0.4) is 0 Å². The lowest BCUT2D eigenvalue weighted by Crippen LogP contribution is -2.31. The van der Waals surface area contributed by atoms with Crippen LogP contribution in [0.1, 0.15) is 20.9 Å². The molecular weight excluding hydrogens is 348 g/mol. The highest BCUT2D eigenvalue weighted by Gasteiger charge is 2.19. The van der Waals surface area contributed by atoms with Gasteiger partial charge in [0, 0.05) is 32.4 Å². The molecule has 0 bridgehead atoms. The van der Waals surface area contributed by atoms with Crippen molar-refractivity contribution in [3.8, 4) is 9.75 Å². The molecule has 2 aromatic heterocycles. The minimum atomic E-state index is -1.01. The van der Waals surface area contributed by atoms with Crippen molar-refractivity contribution in [2.45, 2.75) is 38.8 Å². The smallest absolute Gasteiger partial charge is 0.320 e. The van der Waals surface area contributed by atoms with Crippen molar-refractivity contribution < 1.29 is 19.8 Å². The fraction of sp³-hybridized carbons (Fsp3) is 0.375. The third-order valence-corrected chi connectivity index (χ3v) is 6.30. The van der Waals surface area contributed by atoms with E-state index in [0.717, 1.165) is 30.6 Å². The number of rotatable bonds is 7. The maximum Gasteiger partial charge on any atom is 0.320 e. The molecule has 0 aromatic carbocycles. The Kier molecular flexibility index (Phi) is 5.76. The molecule has 2 rings (SSSR count). The summed E-state index contributed by atoms with van der Waals surface area (Å²) >= 11 is 3.06. The molecule has 24 heavy (non-hydrogen) atoms. The minimum absolute atomic E-state index is 0.294. The van der Waals surface area contributed by atoms with Gasteiger partial charge in [0.15, 0.2) is 0 Å². The Bertz CT molecular complexity index is 702. The van der Waals surface area contributed by atoms with Crippen LogP contribution in [0.4, 0.5) is 0 Å². The fourth-order valence-corrected chi connectivity index (χ4v) is 5.08. The molecule has 0 aliphatic heterocycles. The average molecular weight is 368 g/mol. The number of hydrogen-bond acceptors (Lipinski definition) is 6. The van der Waals surface area contributed by atoms with Gasteiger partial charge in [0.2, 0.25) is 0 Å². The van der Waals surface area contributed by atoms with E-state index in [1.54, 1.807) is 0 Å². The molecule has 0 spiro atoms. The maximum atomic E-state index is 10.9. The van der Waals surface area contributed by atoms with E-state index in [2.05, 4.69) is 0 Å². The number of carboxylic acid groups (broad SMARTS) is 2. The van der Waals surface area contributed by atoms with Crippen LogP contribution in [0.25, 0.3) is 9.75 Å². The van der Waals surface area contributed by atoms with E-state index in [4.69, 9.17) is 21.7 Å². The molecule has 130 valence electrons. The summed E-state index contributed by atoms with van der Waals surface area (Å²) in [7, 11) is 0. The normalized spacial score (nSPS) is 13.7. The summed E-state index contributed by atoms with van der Waals surface area (Å²) in [6.45, 7) is 3.95. The van der Waals surface area contributed by atoms with Crippen LogP contribution in [0.5, 0.6) is 0 Å². The summed E-state index contributed by atoms with van der Waals surface area (Å²) in [6.07, 6.45) is 0.587. The highest BCUT2D eigenvalue weighted by atomic mass is 32.1. The first-order valence-corrected chi connectivity index (χ1v) is 8.98. The second kappa shape index (κ2) is 7.43. The Hall–Kier alpha value is -1.74. The van der Waals surface area contributed by atoms with Crippen molar-refractivity contribution in [1.82, 2.24) is 0 Å². The minimum Gasteiger partial charge on any atom is -0.480 e.